The predicted molar refractivity (Wildman–Crippen MR) is 116 cm³/mol. The molecule has 2 aromatic carbocycles. The maximum absolute atomic E-state index is 11.2. The van der Waals surface area contributed by atoms with Gasteiger partial charge >= 0.3 is 0 Å². The third-order valence-electron chi connectivity index (χ3n) is 4.36. The molecule has 0 aliphatic carbocycles. The number of ether oxygens (including phenoxy) is 1. The molecule has 1 unspecified atom stereocenters. The number of aromatic nitrogens is 2. The molecule has 1 heterocycles. The summed E-state index contributed by atoms with van der Waals surface area (Å²) in [6, 6.07) is 12.6. The van der Waals surface area contributed by atoms with E-state index in [1.165, 1.54) is 7.11 Å². The molecule has 6 nitrogen and oxygen atoms in total. The van der Waals surface area contributed by atoms with Gasteiger partial charge in [0, 0.05) is 28.3 Å². The van der Waals surface area contributed by atoms with Crippen LogP contribution in [-0.2, 0) is 9.53 Å². The first-order valence-electron chi connectivity index (χ1n) is 8.67. The van der Waals surface area contributed by atoms with Crippen LogP contribution in [0.15, 0.2) is 42.5 Å². The first kappa shape index (κ1) is 21.6. The van der Waals surface area contributed by atoms with Crippen molar-refractivity contribution in [2.24, 2.45) is 5.73 Å². The van der Waals surface area contributed by atoms with Crippen LogP contribution in [0.1, 0.15) is 17.5 Å². The number of halogens is 3. The monoisotopic (exact) mass is 452 g/mol. The smallest absolute Gasteiger partial charge is 0.231 e. The number of nitrogens with two attached hydrogens (primary N) is 1. The fourth-order valence-corrected chi connectivity index (χ4v) is 3.64. The average molecular weight is 454 g/mol. The van der Waals surface area contributed by atoms with Gasteiger partial charge in [-0.05, 0) is 37.3 Å². The predicted octanol–water partition coefficient (Wildman–Crippen LogP) is 4.53. The highest BCUT2D eigenvalue weighted by Gasteiger charge is 2.24. The van der Waals surface area contributed by atoms with Crippen molar-refractivity contribution < 1.29 is 9.53 Å². The Labute approximate surface area is 183 Å². The van der Waals surface area contributed by atoms with Gasteiger partial charge in [-0.15, -0.1) is 0 Å². The number of methoxy groups -OCH3 is 1. The number of nitrogens with one attached hydrogen (secondary N) is 1. The van der Waals surface area contributed by atoms with Crippen molar-refractivity contribution in [3.8, 4) is 16.9 Å². The zero-order valence-corrected chi connectivity index (χ0v) is 18.0. The van der Waals surface area contributed by atoms with Crippen LogP contribution < -0.4 is 11.1 Å². The second-order valence-corrected chi connectivity index (χ2v) is 7.62. The molecule has 0 saturated heterocycles. The molecule has 0 spiro atoms. The average Bonchev–Trinajstić information content (AvgIpc) is 3.00. The second kappa shape index (κ2) is 9.15. The summed E-state index contributed by atoms with van der Waals surface area (Å²) in [7, 11) is 1.52. The summed E-state index contributed by atoms with van der Waals surface area (Å²) in [6.07, 6.45) is -0.638. The molecule has 1 aromatic heterocycles. The van der Waals surface area contributed by atoms with Gasteiger partial charge < -0.3 is 10.5 Å². The summed E-state index contributed by atoms with van der Waals surface area (Å²) in [4.78, 5) is 11.2. The first-order chi connectivity index (χ1) is 13.8. The van der Waals surface area contributed by atoms with Gasteiger partial charge in [-0.1, -0.05) is 46.9 Å². The van der Waals surface area contributed by atoms with Gasteiger partial charge in [0.05, 0.1) is 22.9 Å². The molecule has 1 atom stereocenters. The Hall–Kier alpha value is -2.09. The molecule has 9 heteroatoms. The number of hydrogen-bond donors (Lipinski definition) is 2. The highest BCUT2D eigenvalue weighted by Crippen LogP contribution is 2.34. The Bertz CT molecular complexity index is 1030. The molecule has 29 heavy (non-hydrogen) atoms. The molecule has 152 valence electrons. The van der Waals surface area contributed by atoms with E-state index in [9.17, 15) is 4.79 Å². The van der Waals surface area contributed by atoms with E-state index in [0.29, 0.717) is 26.4 Å². The second-order valence-electron chi connectivity index (χ2n) is 6.34. The number of rotatable bonds is 7. The molecule has 3 aromatic rings. The van der Waals surface area contributed by atoms with Gasteiger partial charge in [0.2, 0.25) is 5.91 Å². The van der Waals surface area contributed by atoms with Gasteiger partial charge in [0.15, 0.2) is 6.23 Å². The highest BCUT2D eigenvalue weighted by molar-refractivity contribution is 6.35. The minimum atomic E-state index is -0.638. The number of benzene rings is 2. The van der Waals surface area contributed by atoms with Crippen molar-refractivity contribution in [1.29, 1.82) is 0 Å². The normalized spacial score (nSPS) is 12.2. The lowest BCUT2D eigenvalue weighted by atomic mass is 10.1. The largest absolute Gasteiger partial charge is 0.369 e. The molecule has 0 saturated carbocycles. The molecular formula is C20H19Cl3N4O2. The van der Waals surface area contributed by atoms with Gasteiger partial charge in [-0.25, -0.2) is 4.68 Å². The van der Waals surface area contributed by atoms with Crippen molar-refractivity contribution in [1.82, 2.24) is 15.1 Å². The standard InChI is InChI=1S/C20H19Cl3N4O2/c1-11-18(20(29-2)25-10-17(24)28)26-27(16-8-7-14(22)9-15(16)23)19(11)12-3-5-13(21)6-4-12/h3-9,20,25H,10H2,1-2H3,(H2,24,28). The van der Waals surface area contributed by atoms with E-state index in [0.717, 1.165) is 16.8 Å². The summed E-state index contributed by atoms with van der Waals surface area (Å²) in [5.41, 5.74) is 9.05. The van der Waals surface area contributed by atoms with Crippen molar-refractivity contribution in [2.75, 3.05) is 13.7 Å². The third-order valence-corrected chi connectivity index (χ3v) is 5.15. The van der Waals surface area contributed by atoms with Crippen molar-refractivity contribution in [3.63, 3.8) is 0 Å². The number of hydrogen-bond acceptors (Lipinski definition) is 4. The Morgan fingerprint density at radius 2 is 1.83 bits per heavy atom. The Morgan fingerprint density at radius 1 is 1.17 bits per heavy atom. The number of primary amides is 1. The lowest BCUT2D eigenvalue weighted by Crippen LogP contribution is -2.33. The Balaban J connectivity index is 2.19. The Morgan fingerprint density at radius 3 is 2.41 bits per heavy atom. The summed E-state index contributed by atoms with van der Waals surface area (Å²) in [5.74, 6) is -0.497. The van der Waals surface area contributed by atoms with Gasteiger partial charge in [-0.2, -0.15) is 5.10 Å². The molecule has 0 bridgehead atoms. The third kappa shape index (κ3) is 4.74. The highest BCUT2D eigenvalue weighted by atomic mass is 35.5. The van der Waals surface area contributed by atoms with E-state index in [-0.39, 0.29) is 6.54 Å². The molecular weight excluding hydrogens is 435 g/mol. The molecule has 0 fully saturated rings. The molecule has 3 N–H and O–H groups in total. The maximum atomic E-state index is 11.2. The molecule has 1 amide bonds. The topological polar surface area (TPSA) is 82.2 Å². The van der Waals surface area contributed by atoms with Crippen LogP contribution in [0.2, 0.25) is 15.1 Å². The van der Waals surface area contributed by atoms with E-state index in [2.05, 4.69) is 5.32 Å². The zero-order valence-electron chi connectivity index (χ0n) is 15.7. The molecule has 0 radical (unpaired) electrons. The van der Waals surface area contributed by atoms with Crippen LogP contribution in [0, 0.1) is 6.92 Å². The summed E-state index contributed by atoms with van der Waals surface area (Å²) in [6.45, 7) is 1.87. The Kier molecular flexibility index (Phi) is 6.82. The van der Waals surface area contributed by atoms with Crippen LogP contribution in [0.5, 0.6) is 0 Å². The van der Waals surface area contributed by atoms with Gasteiger partial charge in [-0.3, -0.25) is 10.1 Å². The lowest BCUT2D eigenvalue weighted by Gasteiger charge is -2.14. The lowest BCUT2D eigenvalue weighted by molar-refractivity contribution is -0.118. The number of nitrogens with zero attached hydrogens (tertiary/aromatic N) is 2. The van der Waals surface area contributed by atoms with Crippen LogP contribution in [0.25, 0.3) is 16.9 Å². The van der Waals surface area contributed by atoms with Crippen molar-refractivity contribution in [3.05, 3.63) is 68.8 Å². The molecule has 0 aliphatic heterocycles. The van der Waals surface area contributed by atoms with E-state index in [4.69, 9.17) is 50.4 Å². The summed E-state index contributed by atoms with van der Waals surface area (Å²) < 4.78 is 7.23. The van der Waals surface area contributed by atoms with Crippen LogP contribution >= 0.6 is 34.8 Å². The maximum Gasteiger partial charge on any atom is 0.231 e. The minimum Gasteiger partial charge on any atom is -0.369 e. The molecule has 0 aliphatic rings. The fourth-order valence-electron chi connectivity index (χ4n) is 3.02. The quantitative estimate of drug-likeness (QED) is 0.515. The SMILES string of the molecule is COC(NCC(N)=O)c1nn(-c2ccc(Cl)cc2Cl)c(-c2ccc(Cl)cc2)c1C. The summed E-state index contributed by atoms with van der Waals surface area (Å²) in [5, 5.41) is 9.28. The van der Waals surface area contributed by atoms with Crippen molar-refractivity contribution >= 4 is 40.7 Å². The van der Waals surface area contributed by atoms with Crippen LogP contribution in [0.3, 0.4) is 0 Å². The van der Waals surface area contributed by atoms with E-state index in [1.807, 2.05) is 19.1 Å². The number of carbonyl (C=O) groups is 1. The minimum absolute atomic E-state index is 0.0528. The van der Waals surface area contributed by atoms with Crippen LogP contribution in [-0.4, -0.2) is 29.3 Å². The van der Waals surface area contributed by atoms with Crippen molar-refractivity contribution in [2.45, 2.75) is 13.2 Å². The number of carbonyl (C=O) groups excluding carboxylic acids is 1. The van der Waals surface area contributed by atoms with Gasteiger partial charge in [0.25, 0.3) is 0 Å². The van der Waals surface area contributed by atoms with E-state index >= 15 is 0 Å². The molecule has 3 rings (SSSR count). The zero-order chi connectivity index (χ0) is 21.1. The van der Waals surface area contributed by atoms with Crippen LogP contribution in [0.4, 0.5) is 0 Å². The first-order valence-corrected chi connectivity index (χ1v) is 9.80. The van der Waals surface area contributed by atoms with Gasteiger partial charge in [0.1, 0.15) is 5.69 Å². The summed E-state index contributed by atoms with van der Waals surface area (Å²) >= 11 is 18.6. The van der Waals surface area contributed by atoms with E-state index < -0.39 is 12.1 Å². The van der Waals surface area contributed by atoms with E-state index in [1.54, 1.807) is 35.0 Å². The number of amides is 1. The fraction of sp³-hybridized carbons (Fsp3) is 0.200.